The van der Waals surface area contributed by atoms with Crippen LogP contribution in [0.25, 0.3) is 0 Å². The summed E-state index contributed by atoms with van der Waals surface area (Å²) in [6.45, 7) is 7.98. The van der Waals surface area contributed by atoms with E-state index in [1.165, 1.54) is 38.9 Å². The van der Waals surface area contributed by atoms with Crippen molar-refractivity contribution in [1.82, 2.24) is 4.90 Å². The van der Waals surface area contributed by atoms with Crippen LogP contribution in [0.3, 0.4) is 0 Å². The molecule has 0 radical (unpaired) electrons. The molecule has 1 aliphatic rings. The third kappa shape index (κ3) is 4.07. The van der Waals surface area contributed by atoms with Crippen molar-refractivity contribution in [1.29, 1.82) is 0 Å². The lowest BCUT2D eigenvalue weighted by Crippen LogP contribution is -2.39. The number of nitrogens with zero attached hydrogens (tertiary/aromatic N) is 1. The fourth-order valence-electron chi connectivity index (χ4n) is 1.63. The van der Waals surface area contributed by atoms with Gasteiger partial charge in [0.05, 0.1) is 0 Å². The summed E-state index contributed by atoms with van der Waals surface area (Å²) in [7, 11) is 0. The Morgan fingerprint density at radius 3 is 2.25 bits per heavy atom. The van der Waals surface area contributed by atoms with Gasteiger partial charge in [-0.25, -0.2) is 0 Å². The molecule has 0 aromatic rings. The molecule has 0 saturated carbocycles. The highest BCUT2D eigenvalue weighted by molar-refractivity contribution is 4.75. The van der Waals surface area contributed by atoms with E-state index in [-0.39, 0.29) is 5.54 Å². The highest BCUT2D eigenvalue weighted by atomic mass is 15.1. The van der Waals surface area contributed by atoms with Crippen molar-refractivity contribution >= 4 is 0 Å². The first-order chi connectivity index (χ1) is 5.58. The van der Waals surface area contributed by atoms with Crippen LogP contribution in [0.5, 0.6) is 0 Å². The summed E-state index contributed by atoms with van der Waals surface area (Å²) in [5, 5.41) is 0. The quantitative estimate of drug-likeness (QED) is 0.697. The first kappa shape index (κ1) is 10.0. The van der Waals surface area contributed by atoms with Gasteiger partial charge in [-0.3, -0.25) is 0 Å². The van der Waals surface area contributed by atoms with Crippen LogP contribution >= 0.6 is 0 Å². The fraction of sp³-hybridized carbons (Fsp3) is 1.00. The Morgan fingerprint density at radius 1 is 1.17 bits per heavy atom. The van der Waals surface area contributed by atoms with E-state index in [1.807, 2.05) is 0 Å². The summed E-state index contributed by atoms with van der Waals surface area (Å²) < 4.78 is 0. The van der Waals surface area contributed by atoms with E-state index >= 15 is 0 Å². The maximum Gasteiger partial charge on any atom is 0.0109 e. The van der Waals surface area contributed by atoms with E-state index in [4.69, 9.17) is 5.73 Å². The van der Waals surface area contributed by atoms with E-state index < -0.39 is 0 Å². The molecule has 0 aliphatic carbocycles. The van der Waals surface area contributed by atoms with Crippen LogP contribution in [0, 0.1) is 0 Å². The number of likely N-dealkylation sites (tertiary alicyclic amines) is 1. The van der Waals surface area contributed by atoms with Crippen LogP contribution in [0.2, 0.25) is 0 Å². The largest absolute Gasteiger partial charge is 0.326 e. The second kappa shape index (κ2) is 4.24. The van der Waals surface area contributed by atoms with Crippen LogP contribution in [-0.2, 0) is 0 Å². The molecule has 0 spiro atoms. The first-order valence-corrected chi connectivity index (χ1v) is 5.09. The Bertz CT molecular complexity index is 120. The molecule has 2 nitrogen and oxygen atoms in total. The molecule has 0 bridgehead atoms. The molecule has 0 aromatic carbocycles. The first-order valence-electron chi connectivity index (χ1n) is 5.09. The SMILES string of the molecule is CC(C)(N)CCN1CCCCC1. The van der Waals surface area contributed by atoms with Gasteiger partial charge >= 0.3 is 0 Å². The average Bonchev–Trinajstić information content (AvgIpc) is 2.02. The van der Waals surface area contributed by atoms with Gasteiger partial charge in [-0.1, -0.05) is 6.42 Å². The van der Waals surface area contributed by atoms with E-state index in [0.717, 1.165) is 6.42 Å². The third-order valence-corrected chi connectivity index (χ3v) is 2.52. The van der Waals surface area contributed by atoms with Crippen molar-refractivity contribution in [2.24, 2.45) is 5.73 Å². The van der Waals surface area contributed by atoms with Crippen LogP contribution in [0.1, 0.15) is 39.5 Å². The Morgan fingerprint density at radius 2 is 1.75 bits per heavy atom. The molecule has 0 amide bonds. The second-order valence-electron chi connectivity index (χ2n) is 4.64. The minimum absolute atomic E-state index is 0.0114. The van der Waals surface area contributed by atoms with Gasteiger partial charge in [-0.15, -0.1) is 0 Å². The predicted octanol–water partition coefficient (Wildman–Crippen LogP) is 1.60. The summed E-state index contributed by atoms with van der Waals surface area (Å²) >= 11 is 0. The van der Waals surface area contributed by atoms with E-state index in [9.17, 15) is 0 Å². The number of rotatable bonds is 3. The van der Waals surface area contributed by atoms with Crippen molar-refractivity contribution in [3.05, 3.63) is 0 Å². The zero-order valence-electron chi connectivity index (χ0n) is 8.47. The standard InChI is InChI=1S/C10H22N2/c1-10(2,11)6-9-12-7-4-3-5-8-12/h3-9,11H2,1-2H3. The van der Waals surface area contributed by atoms with Crippen molar-refractivity contribution in [2.75, 3.05) is 19.6 Å². The zero-order chi connectivity index (χ0) is 9.03. The smallest absolute Gasteiger partial charge is 0.0109 e. The molecule has 0 unspecified atom stereocenters. The zero-order valence-corrected chi connectivity index (χ0v) is 8.47. The molecule has 1 heterocycles. The Balaban J connectivity index is 2.13. The number of nitrogens with two attached hydrogens (primary N) is 1. The Kier molecular flexibility index (Phi) is 3.53. The number of hydrogen-bond donors (Lipinski definition) is 1. The molecule has 0 atom stereocenters. The van der Waals surface area contributed by atoms with Crippen LogP contribution < -0.4 is 5.73 Å². The van der Waals surface area contributed by atoms with E-state index in [1.54, 1.807) is 0 Å². The average molecular weight is 170 g/mol. The van der Waals surface area contributed by atoms with Crippen molar-refractivity contribution in [2.45, 2.75) is 45.1 Å². The van der Waals surface area contributed by atoms with Gasteiger partial charge in [0.15, 0.2) is 0 Å². The molecule has 1 saturated heterocycles. The molecular weight excluding hydrogens is 148 g/mol. The summed E-state index contributed by atoms with van der Waals surface area (Å²) in [5.41, 5.74) is 5.94. The molecule has 1 rings (SSSR count). The lowest BCUT2D eigenvalue weighted by atomic mass is 10.0. The monoisotopic (exact) mass is 170 g/mol. The van der Waals surface area contributed by atoms with Gasteiger partial charge in [-0.2, -0.15) is 0 Å². The number of hydrogen-bond acceptors (Lipinski definition) is 2. The summed E-state index contributed by atoms with van der Waals surface area (Å²) in [6, 6.07) is 0. The lowest BCUT2D eigenvalue weighted by Gasteiger charge is -2.29. The van der Waals surface area contributed by atoms with Crippen molar-refractivity contribution in [3.8, 4) is 0 Å². The topological polar surface area (TPSA) is 29.3 Å². The summed E-state index contributed by atoms with van der Waals surface area (Å²) in [4.78, 5) is 2.54. The van der Waals surface area contributed by atoms with Crippen LogP contribution in [0.4, 0.5) is 0 Å². The molecule has 1 fully saturated rings. The minimum Gasteiger partial charge on any atom is -0.326 e. The lowest BCUT2D eigenvalue weighted by molar-refractivity contribution is 0.211. The molecule has 1 aliphatic heterocycles. The Labute approximate surface area is 76.1 Å². The molecule has 12 heavy (non-hydrogen) atoms. The fourth-order valence-corrected chi connectivity index (χ4v) is 1.63. The van der Waals surface area contributed by atoms with Crippen LogP contribution in [-0.4, -0.2) is 30.1 Å². The normalized spacial score (nSPS) is 21.2. The van der Waals surface area contributed by atoms with Crippen LogP contribution in [0.15, 0.2) is 0 Å². The van der Waals surface area contributed by atoms with Gasteiger partial charge in [0.1, 0.15) is 0 Å². The molecule has 2 heteroatoms. The van der Waals surface area contributed by atoms with E-state index in [2.05, 4.69) is 18.7 Å². The van der Waals surface area contributed by atoms with Gasteiger partial charge in [-0.05, 0) is 52.7 Å². The van der Waals surface area contributed by atoms with E-state index in [0.29, 0.717) is 0 Å². The third-order valence-electron chi connectivity index (χ3n) is 2.52. The minimum atomic E-state index is 0.0114. The molecule has 72 valence electrons. The molecule has 2 N–H and O–H groups in total. The second-order valence-corrected chi connectivity index (χ2v) is 4.64. The number of piperidine rings is 1. The highest BCUT2D eigenvalue weighted by Gasteiger charge is 2.14. The van der Waals surface area contributed by atoms with Gasteiger partial charge in [0.25, 0.3) is 0 Å². The molecular formula is C10H22N2. The van der Waals surface area contributed by atoms with Gasteiger partial charge in [0, 0.05) is 5.54 Å². The Hall–Kier alpha value is -0.0800. The summed E-state index contributed by atoms with van der Waals surface area (Å²) in [5.74, 6) is 0. The van der Waals surface area contributed by atoms with Crippen molar-refractivity contribution in [3.63, 3.8) is 0 Å². The predicted molar refractivity (Wildman–Crippen MR) is 53.2 cm³/mol. The maximum absolute atomic E-state index is 5.93. The van der Waals surface area contributed by atoms with Crippen molar-refractivity contribution < 1.29 is 0 Å². The maximum atomic E-state index is 5.93. The highest BCUT2D eigenvalue weighted by Crippen LogP contribution is 2.11. The molecule has 0 aromatic heterocycles. The van der Waals surface area contributed by atoms with Gasteiger partial charge in [0.2, 0.25) is 0 Å². The van der Waals surface area contributed by atoms with Gasteiger partial charge < -0.3 is 10.6 Å². The summed E-state index contributed by atoms with van der Waals surface area (Å²) in [6.07, 6.45) is 5.30.